The average Bonchev–Trinajstić information content (AvgIpc) is 2.74. The van der Waals surface area contributed by atoms with Gasteiger partial charge in [-0.2, -0.15) is 0 Å². The van der Waals surface area contributed by atoms with E-state index in [0.29, 0.717) is 5.69 Å². The summed E-state index contributed by atoms with van der Waals surface area (Å²) in [5.74, 6) is 0.536. The molecule has 0 aliphatic carbocycles. The van der Waals surface area contributed by atoms with Gasteiger partial charge in [-0.25, -0.2) is 4.39 Å². The van der Waals surface area contributed by atoms with Crippen LogP contribution in [0.3, 0.4) is 0 Å². The normalized spacial score (nSPS) is 12.4. The maximum absolute atomic E-state index is 13.3. The standard InChI is InChI=1S/C12H12FNO/c1-9(12-7-4-8-15-12)14-11-6-3-2-5-10(11)13/h2-9,14H,1H3. The van der Waals surface area contributed by atoms with Gasteiger partial charge in [0.2, 0.25) is 0 Å². The molecule has 0 fully saturated rings. The largest absolute Gasteiger partial charge is 0.467 e. The van der Waals surface area contributed by atoms with Crippen LogP contribution in [0.1, 0.15) is 18.7 Å². The maximum atomic E-state index is 13.3. The van der Waals surface area contributed by atoms with Gasteiger partial charge in [0.15, 0.2) is 0 Å². The van der Waals surface area contributed by atoms with Crippen molar-refractivity contribution in [1.82, 2.24) is 0 Å². The summed E-state index contributed by atoms with van der Waals surface area (Å²) in [4.78, 5) is 0. The Morgan fingerprint density at radius 1 is 1.20 bits per heavy atom. The first kappa shape index (κ1) is 9.77. The maximum Gasteiger partial charge on any atom is 0.146 e. The molecule has 2 rings (SSSR count). The van der Waals surface area contributed by atoms with Gasteiger partial charge in [-0.1, -0.05) is 12.1 Å². The Labute approximate surface area is 87.7 Å². The molecule has 2 aromatic rings. The quantitative estimate of drug-likeness (QED) is 0.828. The van der Waals surface area contributed by atoms with Crippen LogP contribution in [-0.2, 0) is 0 Å². The second-order valence-corrected chi connectivity index (χ2v) is 3.36. The SMILES string of the molecule is CC(Nc1ccccc1F)c1ccco1. The lowest BCUT2D eigenvalue weighted by Gasteiger charge is -2.13. The van der Waals surface area contributed by atoms with Gasteiger partial charge in [-0.05, 0) is 31.2 Å². The lowest BCUT2D eigenvalue weighted by atomic mass is 10.2. The third kappa shape index (κ3) is 2.18. The van der Waals surface area contributed by atoms with E-state index >= 15 is 0 Å². The van der Waals surface area contributed by atoms with E-state index in [4.69, 9.17) is 4.42 Å². The fourth-order valence-electron chi connectivity index (χ4n) is 1.42. The summed E-state index contributed by atoms with van der Waals surface area (Å²) in [6.45, 7) is 1.92. The van der Waals surface area contributed by atoms with Crippen molar-refractivity contribution < 1.29 is 8.81 Å². The van der Waals surface area contributed by atoms with Crippen molar-refractivity contribution >= 4 is 5.69 Å². The van der Waals surface area contributed by atoms with E-state index in [1.807, 2.05) is 19.1 Å². The first-order valence-electron chi connectivity index (χ1n) is 4.82. The van der Waals surface area contributed by atoms with Crippen LogP contribution in [0.4, 0.5) is 10.1 Å². The van der Waals surface area contributed by atoms with Crippen molar-refractivity contribution in [1.29, 1.82) is 0 Å². The molecule has 0 radical (unpaired) electrons. The van der Waals surface area contributed by atoms with Gasteiger partial charge in [0.1, 0.15) is 11.6 Å². The molecule has 1 atom stereocenters. The number of nitrogens with one attached hydrogen (secondary N) is 1. The number of anilines is 1. The summed E-state index contributed by atoms with van der Waals surface area (Å²) in [7, 11) is 0. The molecular weight excluding hydrogens is 193 g/mol. The Kier molecular flexibility index (Phi) is 2.72. The minimum atomic E-state index is -0.254. The minimum Gasteiger partial charge on any atom is -0.467 e. The van der Waals surface area contributed by atoms with Crippen LogP contribution in [0.25, 0.3) is 0 Å². The molecule has 0 aliphatic heterocycles. The van der Waals surface area contributed by atoms with Crippen LogP contribution < -0.4 is 5.32 Å². The van der Waals surface area contributed by atoms with Gasteiger partial charge in [-0.3, -0.25) is 0 Å². The van der Waals surface area contributed by atoms with Gasteiger partial charge in [-0.15, -0.1) is 0 Å². The predicted molar refractivity (Wildman–Crippen MR) is 57.1 cm³/mol. The molecule has 78 valence electrons. The monoisotopic (exact) mass is 205 g/mol. The van der Waals surface area contributed by atoms with Gasteiger partial charge < -0.3 is 9.73 Å². The van der Waals surface area contributed by atoms with E-state index in [1.165, 1.54) is 6.07 Å². The summed E-state index contributed by atoms with van der Waals surface area (Å²) in [6, 6.07) is 10.2. The van der Waals surface area contributed by atoms with E-state index in [1.54, 1.807) is 24.5 Å². The molecule has 1 heterocycles. The zero-order chi connectivity index (χ0) is 10.7. The molecule has 1 aromatic heterocycles. The number of benzene rings is 1. The van der Waals surface area contributed by atoms with E-state index < -0.39 is 0 Å². The number of furan rings is 1. The third-order valence-electron chi connectivity index (χ3n) is 2.22. The summed E-state index contributed by atoms with van der Waals surface area (Å²) in [6.07, 6.45) is 1.61. The number of rotatable bonds is 3. The summed E-state index contributed by atoms with van der Waals surface area (Å²) >= 11 is 0. The molecule has 3 heteroatoms. The van der Waals surface area contributed by atoms with E-state index in [2.05, 4.69) is 5.32 Å². The highest BCUT2D eigenvalue weighted by Crippen LogP contribution is 2.21. The number of hydrogen-bond acceptors (Lipinski definition) is 2. The van der Waals surface area contributed by atoms with Crippen molar-refractivity contribution in [3.8, 4) is 0 Å². The molecule has 0 aliphatic rings. The average molecular weight is 205 g/mol. The smallest absolute Gasteiger partial charge is 0.146 e. The highest BCUT2D eigenvalue weighted by atomic mass is 19.1. The number of para-hydroxylation sites is 1. The Balaban J connectivity index is 2.13. The van der Waals surface area contributed by atoms with Crippen LogP contribution in [-0.4, -0.2) is 0 Å². The molecule has 0 saturated carbocycles. The molecule has 15 heavy (non-hydrogen) atoms. The summed E-state index contributed by atoms with van der Waals surface area (Å²) < 4.78 is 18.5. The van der Waals surface area contributed by atoms with Gasteiger partial charge in [0.05, 0.1) is 18.0 Å². The van der Waals surface area contributed by atoms with Crippen LogP contribution in [0.5, 0.6) is 0 Å². The zero-order valence-corrected chi connectivity index (χ0v) is 8.41. The fourth-order valence-corrected chi connectivity index (χ4v) is 1.42. The number of hydrogen-bond donors (Lipinski definition) is 1. The zero-order valence-electron chi connectivity index (χ0n) is 8.41. The fraction of sp³-hybridized carbons (Fsp3) is 0.167. The molecular formula is C12H12FNO. The topological polar surface area (TPSA) is 25.2 Å². The highest BCUT2D eigenvalue weighted by Gasteiger charge is 2.09. The molecule has 1 N–H and O–H groups in total. The Bertz CT molecular complexity index is 425. The second-order valence-electron chi connectivity index (χ2n) is 3.36. The molecule has 0 spiro atoms. The van der Waals surface area contributed by atoms with Gasteiger partial charge >= 0.3 is 0 Å². The second kappa shape index (κ2) is 4.17. The molecule has 2 nitrogen and oxygen atoms in total. The first-order chi connectivity index (χ1) is 7.27. The van der Waals surface area contributed by atoms with E-state index in [0.717, 1.165) is 5.76 Å². The minimum absolute atomic E-state index is 0.0445. The van der Waals surface area contributed by atoms with Crippen LogP contribution in [0.2, 0.25) is 0 Å². The Morgan fingerprint density at radius 3 is 2.67 bits per heavy atom. The third-order valence-corrected chi connectivity index (χ3v) is 2.22. The summed E-state index contributed by atoms with van der Waals surface area (Å²) in [5, 5.41) is 3.04. The van der Waals surface area contributed by atoms with Gasteiger partial charge in [0.25, 0.3) is 0 Å². The summed E-state index contributed by atoms with van der Waals surface area (Å²) in [5.41, 5.74) is 0.487. The van der Waals surface area contributed by atoms with Crippen molar-refractivity contribution in [2.24, 2.45) is 0 Å². The van der Waals surface area contributed by atoms with E-state index in [-0.39, 0.29) is 11.9 Å². The lowest BCUT2D eigenvalue weighted by Crippen LogP contribution is -2.06. The van der Waals surface area contributed by atoms with E-state index in [9.17, 15) is 4.39 Å². The Hall–Kier alpha value is -1.77. The van der Waals surface area contributed by atoms with Gasteiger partial charge in [0, 0.05) is 0 Å². The Morgan fingerprint density at radius 2 is 2.00 bits per heavy atom. The molecule has 1 aromatic carbocycles. The molecule has 0 amide bonds. The van der Waals surface area contributed by atoms with Crippen LogP contribution >= 0.6 is 0 Å². The first-order valence-corrected chi connectivity index (χ1v) is 4.82. The molecule has 1 unspecified atom stereocenters. The number of halogens is 1. The predicted octanol–water partition coefficient (Wildman–Crippen LogP) is 3.59. The van der Waals surface area contributed by atoms with Crippen molar-refractivity contribution in [3.63, 3.8) is 0 Å². The van der Waals surface area contributed by atoms with Crippen LogP contribution in [0.15, 0.2) is 47.1 Å². The van der Waals surface area contributed by atoms with Crippen LogP contribution in [0, 0.1) is 5.82 Å². The molecule has 0 saturated heterocycles. The lowest BCUT2D eigenvalue weighted by molar-refractivity contribution is 0.489. The van der Waals surface area contributed by atoms with Crippen molar-refractivity contribution in [3.05, 3.63) is 54.2 Å². The van der Waals surface area contributed by atoms with Crippen molar-refractivity contribution in [2.75, 3.05) is 5.32 Å². The molecule has 0 bridgehead atoms. The highest BCUT2D eigenvalue weighted by molar-refractivity contribution is 5.45. The van der Waals surface area contributed by atoms with Crippen molar-refractivity contribution in [2.45, 2.75) is 13.0 Å².